The minimum Gasteiger partial charge on any atom is -0.376 e. The van der Waals surface area contributed by atoms with Crippen LogP contribution in [0, 0.1) is 0 Å². The van der Waals surface area contributed by atoms with Gasteiger partial charge in [0.2, 0.25) is 0 Å². The third-order valence-electron chi connectivity index (χ3n) is 4.71. The summed E-state index contributed by atoms with van der Waals surface area (Å²) in [6.07, 6.45) is -9.01. The molecule has 32 heavy (non-hydrogen) atoms. The molecule has 1 N–H and O–H groups in total. The number of alkyl halides is 6. The Hall–Kier alpha value is -2.94. The monoisotopic (exact) mass is 484 g/mol. The van der Waals surface area contributed by atoms with Gasteiger partial charge in [0.15, 0.2) is 26.9 Å². The summed E-state index contributed by atoms with van der Waals surface area (Å²) in [4.78, 5) is 15.4. The molecule has 8 nitrogen and oxygen atoms in total. The molecule has 1 unspecified atom stereocenters. The standard InChI is InChI=1S/C17H14F6N4O4S/c1-3-32(30,31)11-6-10(15(2,29)17(21,22)23)7-24-13(11)27-14(28)26-8-9(16(18,19)20)4-5-12(26)25-27/h4-8,29H,3H2,1-2H3. The molecule has 0 aliphatic rings. The minimum atomic E-state index is -5.18. The van der Waals surface area contributed by atoms with Crippen molar-refractivity contribution >= 4 is 15.5 Å². The lowest BCUT2D eigenvalue weighted by atomic mass is 9.97. The maximum absolute atomic E-state index is 13.2. The van der Waals surface area contributed by atoms with Crippen molar-refractivity contribution in [2.45, 2.75) is 36.7 Å². The zero-order valence-electron chi connectivity index (χ0n) is 16.2. The Labute approximate surface area is 175 Å². The van der Waals surface area contributed by atoms with E-state index in [4.69, 9.17) is 0 Å². The molecule has 15 heteroatoms. The van der Waals surface area contributed by atoms with E-state index in [1.54, 1.807) is 0 Å². The average Bonchev–Trinajstić information content (AvgIpc) is 3.02. The number of fused-ring (bicyclic) bond motifs is 1. The first kappa shape index (κ1) is 23.7. The number of aliphatic hydroxyl groups is 1. The largest absolute Gasteiger partial charge is 0.421 e. The van der Waals surface area contributed by atoms with Crippen LogP contribution >= 0.6 is 0 Å². The molecule has 0 bridgehead atoms. The van der Waals surface area contributed by atoms with Gasteiger partial charge in [0.25, 0.3) is 0 Å². The summed E-state index contributed by atoms with van der Waals surface area (Å²) in [5, 5.41) is 13.6. The van der Waals surface area contributed by atoms with E-state index in [1.807, 2.05) is 0 Å². The highest BCUT2D eigenvalue weighted by atomic mass is 32.2. The van der Waals surface area contributed by atoms with Gasteiger partial charge in [-0.05, 0) is 25.1 Å². The molecular formula is C17H14F6N4O4S. The molecule has 0 radical (unpaired) electrons. The third-order valence-corrected chi connectivity index (χ3v) is 6.44. The first-order chi connectivity index (χ1) is 14.5. The number of nitrogens with zero attached hydrogens (tertiary/aromatic N) is 4. The van der Waals surface area contributed by atoms with Crippen molar-refractivity contribution in [2.24, 2.45) is 0 Å². The van der Waals surface area contributed by atoms with Gasteiger partial charge in [-0.15, -0.1) is 5.10 Å². The highest BCUT2D eigenvalue weighted by Crippen LogP contribution is 2.39. The number of pyridine rings is 2. The molecule has 0 saturated heterocycles. The summed E-state index contributed by atoms with van der Waals surface area (Å²) < 4.78 is 104. The van der Waals surface area contributed by atoms with Crippen LogP contribution in [0.15, 0.2) is 40.3 Å². The molecule has 0 aliphatic heterocycles. The molecule has 3 aromatic rings. The van der Waals surface area contributed by atoms with Crippen molar-refractivity contribution in [3.63, 3.8) is 0 Å². The zero-order chi connectivity index (χ0) is 24.3. The van der Waals surface area contributed by atoms with Crippen LogP contribution in [0.2, 0.25) is 0 Å². The smallest absolute Gasteiger partial charge is 0.376 e. The summed E-state index contributed by atoms with van der Waals surface area (Å²) in [6, 6.07) is 2.01. The third kappa shape index (κ3) is 3.85. The van der Waals surface area contributed by atoms with Crippen LogP contribution in [-0.2, 0) is 21.6 Å². The Balaban J connectivity index is 2.32. The number of hydrogen-bond donors (Lipinski definition) is 1. The maximum Gasteiger partial charge on any atom is 0.421 e. The topological polar surface area (TPSA) is 107 Å². The molecule has 3 heterocycles. The van der Waals surface area contributed by atoms with Gasteiger partial charge < -0.3 is 5.11 Å². The Morgan fingerprint density at radius 1 is 1.09 bits per heavy atom. The fraction of sp³-hybridized carbons (Fsp3) is 0.353. The summed E-state index contributed by atoms with van der Waals surface area (Å²) in [7, 11) is -4.32. The second kappa shape index (κ2) is 7.30. The second-order valence-electron chi connectivity index (χ2n) is 6.86. The Bertz CT molecular complexity index is 1360. The van der Waals surface area contributed by atoms with E-state index in [-0.39, 0.29) is 5.65 Å². The predicted molar refractivity (Wildman–Crippen MR) is 96.9 cm³/mol. The zero-order valence-corrected chi connectivity index (χ0v) is 17.0. The van der Waals surface area contributed by atoms with Crippen molar-refractivity contribution in [1.29, 1.82) is 0 Å². The van der Waals surface area contributed by atoms with Gasteiger partial charge in [-0.1, -0.05) is 6.92 Å². The van der Waals surface area contributed by atoms with Crippen LogP contribution in [0.5, 0.6) is 0 Å². The molecule has 0 fully saturated rings. The fourth-order valence-electron chi connectivity index (χ4n) is 2.69. The molecule has 0 spiro atoms. The fourth-order valence-corrected chi connectivity index (χ4v) is 3.73. The molecular weight excluding hydrogens is 470 g/mol. The summed E-state index contributed by atoms with van der Waals surface area (Å²) >= 11 is 0. The van der Waals surface area contributed by atoms with Crippen LogP contribution in [0.3, 0.4) is 0 Å². The highest BCUT2D eigenvalue weighted by Gasteiger charge is 2.51. The van der Waals surface area contributed by atoms with E-state index >= 15 is 0 Å². The van der Waals surface area contributed by atoms with Gasteiger partial charge in [0.1, 0.15) is 4.90 Å². The van der Waals surface area contributed by atoms with Crippen LogP contribution < -0.4 is 5.69 Å². The molecule has 174 valence electrons. The van der Waals surface area contributed by atoms with Gasteiger partial charge in [0, 0.05) is 18.0 Å². The molecule has 0 aliphatic carbocycles. The number of hydrogen-bond acceptors (Lipinski definition) is 6. The molecule has 0 saturated carbocycles. The van der Waals surface area contributed by atoms with Crippen LogP contribution in [0.1, 0.15) is 25.0 Å². The van der Waals surface area contributed by atoms with Crippen LogP contribution in [-0.4, -0.2) is 44.6 Å². The lowest BCUT2D eigenvalue weighted by Gasteiger charge is -2.27. The van der Waals surface area contributed by atoms with Gasteiger partial charge >= 0.3 is 18.0 Å². The first-order valence-corrected chi connectivity index (χ1v) is 10.4. The first-order valence-electron chi connectivity index (χ1n) is 8.72. The lowest BCUT2D eigenvalue weighted by Crippen LogP contribution is -2.39. The normalized spacial score (nSPS) is 15.2. The van der Waals surface area contributed by atoms with Crippen molar-refractivity contribution in [1.82, 2.24) is 19.2 Å². The lowest BCUT2D eigenvalue weighted by molar-refractivity contribution is -0.259. The summed E-state index contributed by atoms with van der Waals surface area (Å²) in [5.74, 6) is -1.34. The Kier molecular flexibility index (Phi) is 5.41. The van der Waals surface area contributed by atoms with Crippen molar-refractivity contribution < 1.29 is 39.9 Å². The Morgan fingerprint density at radius 2 is 1.72 bits per heavy atom. The second-order valence-corrected chi connectivity index (χ2v) is 9.10. The van der Waals surface area contributed by atoms with E-state index in [0.29, 0.717) is 40.5 Å². The number of aromatic nitrogens is 4. The molecule has 3 rings (SSSR count). The van der Waals surface area contributed by atoms with E-state index in [0.717, 1.165) is 6.07 Å². The van der Waals surface area contributed by atoms with Crippen molar-refractivity contribution in [3.05, 3.63) is 52.2 Å². The average molecular weight is 484 g/mol. The SMILES string of the molecule is CCS(=O)(=O)c1cc(C(C)(O)C(F)(F)F)cnc1-n1nc2ccc(C(F)(F)F)cn2c1=O. The minimum absolute atomic E-state index is 0.295. The number of rotatable bonds is 4. The van der Waals surface area contributed by atoms with Crippen molar-refractivity contribution in [2.75, 3.05) is 5.75 Å². The molecule has 0 aromatic carbocycles. The van der Waals surface area contributed by atoms with Gasteiger partial charge in [-0.2, -0.15) is 31.0 Å². The van der Waals surface area contributed by atoms with Crippen LogP contribution in [0.25, 0.3) is 11.5 Å². The highest BCUT2D eigenvalue weighted by molar-refractivity contribution is 7.91. The molecule has 0 amide bonds. The van der Waals surface area contributed by atoms with E-state index < -0.39 is 61.1 Å². The number of sulfone groups is 1. The summed E-state index contributed by atoms with van der Waals surface area (Å²) in [6.45, 7) is 1.57. The number of halogens is 6. The maximum atomic E-state index is 13.2. The quantitative estimate of drug-likeness (QED) is 0.571. The molecule has 1 atom stereocenters. The predicted octanol–water partition coefficient (Wildman–Crippen LogP) is 2.46. The van der Waals surface area contributed by atoms with Gasteiger partial charge in [-0.3, -0.25) is 0 Å². The van der Waals surface area contributed by atoms with Crippen LogP contribution in [0.4, 0.5) is 26.3 Å². The van der Waals surface area contributed by atoms with E-state index in [9.17, 15) is 44.7 Å². The van der Waals surface area contributed by atoms with E-state index in [2.05, 4.69) is 10.1 Å². The van der Waals surface area contributed by atoms with Crippen molar-refractivity contribution in [3.8, 4) is 5.82 Å². The van der Waals surface area contributed by atoms with Gasteiger partial charge in [-0.25, -0.2) is 22.6 Å². The Morgan fingerprint density at radius 3 is 2.25 bits per heavy atom. The molecule has 3 aromatic heterocycles. The van der Waals surface area contributed by atoms with E-state index in [1.165, 1.54) is 6.92 Å². The summed E-state index contributed by atoms with van der Waals surface area (Å²) in [5.41, 5.74) is -7.10. The van der Waals surface area contributed by atoms with Gasteiger partial charge in [0.05, 0.1) is 11.3 Å².